The second-order valence-electron chi connectivity index (χ2n) is 2.90. The third kappa shape index (κ3) is 2.40. The van der Waals surface area contributed by atoms with Crippen LogP contribution in [0.15, 0.2) is 11.6 Å². The zero-order valence-electron chi connectivity index (χ0n) is 6.87. The van der Waals surface area contributed by atoms with Gasteiger partial charge in [-0.2, -0.15) is 0 Å². The summed E-state index contributed by atoms with van der Waals surface area (Å²) in [5.74, 6) is 0. The van der Waals surface area contributed by atoms with Crippen molar-refractivity contribution in [2.45, 2.75) is 24.4 Å². The van der Waals surface area contributed by atoms with Gasteiger partial charge in [0.2, 0.25) is 0 Å². The maximum atomic E-state index is 9.23. The van der Waals surface area contributed by atoms with E-state index >= 15 is 0 Å². The number of aliphatic hydroxyl groups is 4. The van der Waals surface area contributed by atoms with Crippen molar-refractivity contribution in [1.82, 2.24) is 0 Å². The number of hydrogen-bond acceptors (Lipinski definition) is 5. The van der Waals surface area contributed by atoms with Gasteiger partial charge in [-0.25, -0.2) is 0 Å². The topological polar surface area (TPSA) is 107 Å². The van der Waals surface area contributed by atoms with Gasteiger partial charge < -0.3 is 26.2 Å². The Hall–Kier alpha value is -0.170. The highest BCUT2D eigenvalue weighted by Crippen LogP contribution is 2.18. The zero-order chi connectivity index (χ0) is 9.30. The van der Waals surface area contributed by atoms with Gasteiger partial charge in [0.1, 0.15) is 18.3 Å². The van der Waals surface area contributed by atoms with E-state index < -0.39 is 24.4 Å². The second kappa shape index (κ2) is 4.90. The molecule has 0 amide bonds. The van der Waals surface area contributed by atoms with Crippen molar-refractivity contribution in [3.8, 4) is 0 Å². The molecule has 13 heavy (non-hydrogen) atoms. The van der Waals surface area contributed by atoms with Crippen LogP contribution in [0.2, 0.25) is 0 Å². The molecule has 0 saturated heterocycles. The lowest BCUT2D eigenvalue weighted by molar-refractivity contribution is -0.0596. The summed E-state index contributed by atoms with van der Waals surface area (Å²) in [4.78, 5) is 0. The largest absolute Gasteiger partial charge is 0.392 e. The van der Waals surface area contributed by atoms with Gasteiger partial charge in [-0.3, -0.25) is 0 Å². The predicted octanol–water partition coefficient (Wildman–Crippen LogP) is -2.25. The third-order valence-corrected chi connectivity index (χ3v) is 2.04. The van der Waals surface area contributed by atoms with Crippen LogP contribution < -0.4 is 5.73 Å². The molecular formula is C7H14ClNO4. The maximum absolute atomic E-state index is 9.23. The van der Waals surface area contributed by atoms with Crippen LogP contribution in [0.5, 0.6) is 0 Å². The third-order valence-electron chi connectivity index (χ3n) is 2.04. The van der Waals surface area contributed by atoms with Gasteiger partial charge in [0.15, 0.2) is 0 Å². The Bertz CT molecular complexity index is 199. The first kappa shape index (κ1) is 12.8. The minimum absolute atomic E-state index is 0. The molecule has 0 unspecified atom stereocenters. The van der Waals surface area contributed by atoms with Crippen molar-refractivity contribution >= 4 is 12.4 Å². The Labute approximate surface area is 81.9 Å². The summed E-state index contributed by atoms with van der Waals surface area (Å²) >= 11 is 0. The molecule has 0 fully saturated rings. The molecule has 0 aromatic rings. The minimum Gasteiger partial charge on any atom is -0.392 e. The highest BCUT2D eigenvalue weighted by Gasteiger charge is 2.34. The zero-order valence-corrected chi connectivity index (χ0v) is 7.68. The first-order valence-corrected chi connectivity index (χ1v) is 3.69. The van der Waals surface area contributed by atoms with Crippen LogP contribution in [0.4, 0.5) is 0 Å². The van der Waals surface area contributed by atoms with E-state index in [0.29, 0.717) is 0 Å². The van der Waals surface area contributed by atoms with Crippen LogP contribution in [0.1, 0.15) is 0 Å². The summed E-state index contributed by atoms with van der Waals surface area (Å²) in [5, 5.41) is 36.3. The fraction of sp³-hybridized carbons (Fsp3) is 0.714. The number of rotatable bonds is 1. The second-order valence-corrected chi connectivity index (χ2v) is 2.90. The van der Waals surface area contributed by atoms with Crippen LogP contribution in [-0.4, -0.2) is 51.4 Å². The van der Waals surface area contributed by atoms with E-state index in [1.807, 2.05) is 0 Å². The highest BCUT2D eigenvalue weighted by atomic mass is 35.5. The summed E-state index contributed by atoms with van der Waals surface area (Å²) in [6, 6.07) is -0.731. The Morgan fingerprint density at radius 3 is 2.23 bits per heavy atom. The van der Waals surface area contributed by atoms with Gasteiger partial charge in [-0.1, -0.05) is 6.08 Å². The molecule has 0 aromatic carbocycles. The number of hydrogen-bond donors (Lipinski definition) is 5. The Kier molecular flexibility index (Phi) is 4.83. The fourth-order valence-corrected chi connectivity index (χ4v) is 1.22. The lowest BCUT2D eigenvalue weighted by atomic mass is 9.89. The molecule has 6 N–H and O–H groups in total. The maximum Gasteiger partial charge on any atom is 0.111 e. The molecule has 1 rings (SSSR count). The number of aliphatic hydroxyl groups excluding tert-OH is 4. The van der Waals surface area contributed by atoms with Gasteiger partial charge >= 0.3 is 0 Å². The smallest absolute Gasteiger partial charge is 0.111 e. The standard InChI is InChI=1S/C7H13NO4.ClH/c8-4-1-3(2-9)5(10)7(12)6(4)11;/h1,4-7,9-12H,2,8H2;1H/t4-,5+,6-,7-;/m0./s1. The van der Waals surface area contributed by atoms with E-state index in [2.05, 4.69) is 0 Å². The normalized spacial score (nSPS) is 39.3. The van der Waals surface area contributed by atoms with Crippen molar-refractivity contribution in [2.24, 2.45) is 5.73 Å². The lowest BCUT2D eigenvalue weighted by Gasteiger charge is -2.32. The molecule has 78 valence electrons. The average Bonchev–Trinajstić information content (AvgIpc) is 2.08. The molecule has 0 aromatic heterocycles. The fourth-order valence-electron chi connectivity index (χ4n) is 1.22. The van der Waals surface area contributed by atoms with Crippen LogP contribution in [-0.2, 0) is 0 Å². The monoisotopic (exact) mass is 211 g/mol. The number of halogens is 1. The molecule has 6 heteroatoms. The molecule has 5 nitrogen and oxygen atoms in total. The Morgan fingerprint density at radius 1 is 1.23 bits per heavy atom. The van der Waals surface area contributed by atoms with Gasteiger partial charge in [0.25, 0.3) is 0 Å². The quantitative estimate of drug-likeness (QED) is 0.315. The molecule has 0 heterocycles. The van der Waals surface area contributed by atoms with Crippen LogP contribution in [0, 0.1) is 0 Å². The summed E-state index contributed by atoms with van der Waals surface area (Å²) in [5.41, 5.74) is 5.64. The average molecular weight is 212 g/mol. The molecule has 1 aliphatic rings. The summed E-state index contributed by atoms with van der Waals surface area (Å²) in [6.45, 7) is -0.362. The van der Waals surface area contributed by atoms with E-state index in [1.165, 1.54) is 6.08 Å². The molecular weight excluding hydrogens is 198 g/mol. The summed E-state index contributed by atoms with van der Waals surface area (Å²) < 4.78 is 0. The molecule has 0 radical (unpaired) electrons. The van der Waals surface area contributed by atoms with Crippen molar-refractivity contribution < 1.29 is 20.4 Å². The Morgan fingerprint density at radius 2 is 1.77 bits per heavy atom. The van der Waals surface area contributed by atoms with Gasteiger partial charge in [-0.05, 0) is 5.57 Å². The lowest BCUT2D eigenvalue weighted by Crippen LogP contribution is -2.52. The molecule has 0 bridgehead atoms. The molecule has 0 spiro atoms. The predicted molar refractivity (Wildman–Crippen MR) is 48.4 cm³/mol. The van der Waals surface area contributed by atoms with Crippen LogP contribution in [0.3, 0.4) is 0 Å². The molecule has 1 aliphatic carbocycles. The first-order valence-electron chi connectivity index (χ1n) is 3.69. The summed E-state index contributed by atoms with van der Waals surface area (Å²) in [6.07, 6.45) is -2.34. The van der Waals surface area contributed by atoms with E-state index in [9.17, 15) is 10.2 Å². The van der Waals surface area contributed by atoms with Gasteiger partial charge in [-0.15, -0.1) is 12.4 Å². The van der Waals surface area contributed by atoms with E-state index in [-0.39, 0.29) is 24.6 Å². The molecule has 0 aliphatic heterocycles. The van der Waals surface area contributed by atoms with E-state index in [4.69, 9.17) is 15.9 Å². The first-order chi connectivity index (χ1) is 5.57. The van der Waals surface area contributed by atoms with E-state index in [0.717, 1.165) is 0 Å². The van der Waals surface area contributed by atoms with Gasteiger partial charge in [0.05, 0.1) is 12.6 Å². The van der Waals surface area contributed by atoms with Crippen molar-refractivity contribution in [3.05, 3.63) is 11.6 Å². The molecule has 0 saturated carbocycles. The number of nitrogens with two attached hydrogens (primary N) is 1. The van der Waals surface area contributed by atoms with Crippen LogP contribution >= 0.6 is 12.4 Å². The summed E-state index contributed by atoms with van der Waals surface area (Å²) in [7, 11) is 0. The molecule has 4 atom stereocenters. The van der Waals surface area contributed by atoms with Crippen molar-refractivity contribution in [3.63, 3.8) is 0 Å². The van der Waals surface area contributed by atoms with Crippen molar-refractivity contribution in [1.29, 1.82) is 0 Å². The Balaban J connectivity index is 0.00000144. The SMILES string of the molecule is Cl.N[C@H]1C=C(CO)[C@@H](O)[C@H](O)[C@H]1O. The highest BCUT2D eigenvalue weighted by molar-refractivity contribution is 5.85. The van der Waals surface area contributed by atoms with Crippen molar-refractivity contribution in [2.75, 3.05) is 6.61 Å². The van der Waals surface area contributed by atoms with Crippen LogP contribution in [0.25, 0.3) is 0 Å². The van der Waals surface area contributed by atoms with E-state index in [1.54, 1.807) is 0 Å². The van der Waals surface area contributed by atoms with Gasteiger partial charge in [0, 0.05) is 0 Å². The minimum atomic E-state index is -1.31.